The van der Waals surface area contributed by atoms with Crippen LogP contribution in [0.3, 0.4) is 0 Å². The number of amides is 2. The quantitative estimate of drug-likeness (QED) is 0.831. The summed E-state index contributed by atoms with van der Waals surface area (Å²) in [5.41, 5.74) is 1.90. The van der Waals surface area contributed by atoms with Crippen molar-refractivity contribution < 1.29 is 9.59 Å². The highest BCUT2D eigenvalue weighted by molar-refractivity contribution is 5.87. The van der Waals surface area contributed by atoms with Gasteiger partial charge in [0.1, 0.15) is 18.7 Å². The summed E-state index contributed by atoms with van der Waals surface area (Å²) < 4.78 is 1.68. The van der Waals surface area contributed by atoms with E-state index in [9.17, 15) is 9.59 Å². The molecule has 2 unspecified atom stereocenters. The van der Waals surface area contributed by atoms with Crippen LogP contribution in [0.4, 0.5) is 0 Å². The highest BCUT2D eigenvalue weighted by atomic mass is 16.2. The Bertz CT molecular complexity index is 736. The number of hydrogen-bond acceptors (Lipinski definition) is 4. The smallest absolute Gasteiger partial charge is 0.243 e. The van der Waals surface area contributed by atoms with Crippen LogP contribution in [0.15, 0.2) is 36.9 Å². The summed E-state index contributed by atoms with van der Waals surface area (Å²) in [5.74, 6) is -0.0531. The van der Waals surface area contributed by atoms with Crippen LogP contribution in [-0.4, -0.2) is 32.6 Å². The first-order valence-electron chi connectivity index (χ1n) is 9.07. The Morgan fingerprint density at radius 3 is 2.42 bits per heavy atom. The monoisotopic (exact) mass is 355 g/mol. The number of aromatic nitrogens is 3. The zero-order valence-corrected chi connectivity index (χ0v) is 15.2. The van der Waals surface area contributed by atoms with Gasteiger partial charge in [0.05, 0.1) is 11.7 Å². The Morgan fingerprint density at radius 2 is 1.85 bits per heavy atom. The van der Waals surface area contributed by atoms with E-state index in [0.717, 1.165) is 36.9 Å². The Labute approximate surface area is 153 Å². The lowest BCUT2D eigenvalue weighted by atomic mass is 9.96. The van der Waals surface area contributed by atoms with Crippen LogP contribution in [0, 0.1) is 5.92 Å². The maximum atomic E-state index is 12.8. The third-order valence-electron chi connectivity index (χ3n) is 4.95. The van der Waals surface area contributed by atoms with Crippen molar-refractivity contribution in [2.75, 3.05) is 0 Å². The molecule has 2 amide bonds. The van der Waals surface area contributed by atoms with Gasteiger partial charge in [-0.2, -0.15) is 5.10 Å². The number of benzene rings is 1. The first-order valence-corrected chi connectivity index (χ1v) is 9.07. The summed E-state index contributed by atoms with van der Waals surface area (Å²) in [4.78, 5) is 28.2. The molecular weight excluding hydrogens is 330 g/mol. The van der Waals surface area contributed by atoms with Crippen LogP contribution in [0.25, 0.3) is 5.69 Å². The molecule has 0 saturated heterocycles. The average Bonchev–Trinajstić information content (AvgIpc) is 3.33. The van der Waals surface area contributed by atoms with E-state index in [1.807, 2.05) is 31.2 Å². The minimum atomic E-state index is -0.452. The average molecular weight is 355 g/mol. The first-order chi connectivity index (χ1) is 12.5. The number of carbonyl (C=O) groups excluding carboxylic acids is 2. The maximum Gasteiger partial charge on any atom is 0.243 e. The van der Waals surface area contributed by atoms with E-state index < -0.39 is 6.04 Å². The fraction of sp³-hybridized carbons (Fsp3) is 0.474. The zero-order valence-electron chi connectivity index (χ0n) is 15.2. The molecular formula is C19H25N5O2. The fourth-order valence-electron chi connectivity index (χ4n) is 3.55. The highest BCUT2D eigenvalue weighted by Crippen LogP contribution is 2.28. The van der Waals surface area contributed by atoms with Crippen LogP contribution in [0.5, 0.6) is 0 Å². The predicted molar refractivity (Wildman–Crippen MR) is 97.5 cm³/mol. The van der Waals surface area contributed by atoms with Crippen molar-refractivity contribution in [2.24, 2.45) is 5.92 Å². The third-order valence-corrected chi connectivity index (χ3v) is 4.95. The Morgan fingerprint density at radius 1 is 1.15 bits per heavy atom. The van der Waals surface area contributed by atoms with Crippen LogP contribution in [-0.2, 0) is 9.59 Å². The Balaban J connectivity index is 1.66. The molecule has 2 aromatic rings. The topological polar surface area (TPSA) is 88.9 Å². The normalized spacial score (nSPS) is 16.8. The van der Waals surface area contributed by atoms with E-state index in [-0.39, 0.29) is 23.8 Å². The fourth-order valence-corrected chi connectivity index (χ4v) is 3.55. The lowest BCUT2D eigenvalue weighted by Crippen LogP contribution is -2.50. The molecule has 2 atom stereocenters. The maximum absolute atomic E-state index is 12.8. The molecule has 26 heavy (non-hydrogen) atoms. The van der Waals surface area contributed by atoms with Gasteiger partial charge >= 0.3 is 0 Å². The molecule has 1 fully saturated rings. The number of hydrogen-bond donors (Lipinski definition) is 2. The minimum absolute atomic E-state index is 0.111. The lowest BCUT2D eigenvalue weighted by molar-refractivity contribution is -0.129. The van der Waals surface area contributed by atoms with Gasteiger partial charge in [0, 0.05) is 6.92 Å². The molecule has 0 spiro atoms. The van der Waals surface area contributed by atoms with Crippen molar-refractivity contribution in [1.29, 1.82) is 0 Å². The van der Waals surface area contributed by atoms with E-state index in [1.54, 1.807) is 11.0 Å². The van der Waals surface area contributed by atoms with Crippen LogP contribution < -0.4 is 10.6 Å². The molecule has 0 radical (unpaired) electrons. The first kappa shape index (κ1) is 18.1. The molecule has 7 nitrogen and oxygen atoms in total. The van der Waals surface area contributed by atoms with Gasteiger partial charge in [-0.25, -0.2) is 9.67 Å². The number of nitrogens with one attached hydrogen (secondary N) is 2. The van der Waals surface area contributed by atoms with Crippen molar-refractivity contribution in [3.8, 4) is 5.69 Å². The molecule has 138 valence electrons. The third kappa shape index (κ3) is 4.28. The van der Waals surface area contributed by atoms with Gasteiger partial charge in [-0.1, -0.05) is 25.0 Å². The minimum Gasteiger partial charge on any atom is -0.348 e. The standard InChI is InChI=1S/C19H25N5O2/c1-13(15-7-9-17(10-8-15)24-12-20-11-21-24)22-19(26)18(23-14(2)25)16-5-3-4-6-16/h7-13,16,18H,3-6H2,1-2H3,(H,22,26)(H,23,25). The van der Waals surface area contributed by atoms with E-state index in [2.05, 4.69) is 20.7 Å². The van der Waals surface area contributed by atoms with Gasteiger partial charge in [0.15, 0.2) is 0 Å². The van der Waals surface area contributed by atoms with Crippen molar-refractivity contribution >= 4 is 11.8 Å². The Hall–Kier alpha value is -2.70. The van der Waals surface area contributed by atoms with Gasteiger partial charge in [-0.05, 0) is 43.4 Å². The number of rotatable bonds is 6. The van der Waals surface area contributed by atoms with Gasteiger partial charge in [-0.3, -0.25) is 9.59 Å². The molecule has 1 aromatic carbocycles. The Kier molecular flexibility index (Phi) is 5.65. The molecule has 0 bridgehead atoms. The molecule has 1 aliphatic carbocycles. The number of carbonyl (C=O) groups is 2. The second-order valence-electron chi connectivity index (χ2n) is 6.88. The van der Waals surface area contributed by atoms with Crippen molar-refractivity contribution in [1.82, 2.24) is 25.4 Å². The van der Waals surface area contributed by atoms with Gasteiger partial charge < -0.3 is 10.6 Å². The van der Waals surface area contributed by atoms with E-state index >= 15 is 0 Å². The predicted octanol–water partition coefficient (Wildman–Crippen LogP) is 2.14. The largest absolute Gasteiger partial charge is 0.348 e. The highest BCUT2D eigenvalue weighted by Gasteiger charge is 2.31. The van der Waals surface area contributed by atoms with Crippen LogP contribution in [0.2, 0.25) is 0 Å². The summed E-state index contributed by atoms with van der Waals surface area (Å²) in [6.07, 6.45) is 7.33. The van der Waals surface area contributed by atoms with Crippen molar-refractivity contribution in [3.63, 3.8) is 0 Å². The van der Waals surface area contributed by atoms with Gasteiger partial charge in [-0.15, -0.1) is 0 Å². The van der Waals surface area contributed by atoms with Crippen LogP contribution in [0.1, 0.15) is 51.1 Å². The molecule has 0 aliphatic heterocycles. The summed E-state index contributed by atoms with van der Waals surface area (Å²) in [5, 5.41) is 9.98. The molecule has 2 N–H and O–H groups in total. The summed E-state index contributed by atoms with van der Waals surface area (Å²) in [6.45, 7) is 3.41. The molecule has 1 aromatic heterocycles. The van der Waals surface area contributed by atoms with Gasteiger partial charge in [0.25, 0.3) is 0 Å². The lowest BCUT2D eigenvalue weighted by Gasteiger charge is -2.25. The molecule has 1 saturated carbocycles. The van der Waals surface area contributed by atoms with Crippen LogP contribution >= 0.6 is 0 Å². The summed E-state index contributed by atoms with van der Waals surface area (Å²) in [6, 6.07) is 7.21. The molecule has 1 aliphatic rings. The zero-order chi connectivity index (χ0) is 18.5. The number of nitrogens with zero attached hydrogens (tertiary/aromatic N) is 3. The van der Waals surface area contributed by atoms with E-state index in [0.29, 0.717) is 0 Å². The second kappa shape index (κ2) is 8.12. The summed E-state index contributed by atoms with van der Waals surface area (Å²) >= 11 is 0. The van der Waals surface area contributed by atoms with Crippen molar-refractivity contribution in [2.45, 2.75) is 51.6 Å². The van der Waals surface area contributed by atoms with Crippen molar-refractivity contribution in [3.05, 3.63) is 42.5 Å². The SMILES string of the molecule is CC(=O)NC(C(=O)NC(C)c1ccc(-n2cncn2)cc1)C1CCCC1. The van der Waals surface area contributed by atoms with Gasteiger partial charge in [0.2, 0.25) is 11.8 Å². The summed E-state index contributed by atoms with van der Waals surface area (Å²) in [7, 11) is 0. The van der Waals surface area contributed by atoms with E-state index in [4.69, 9.17) is 0 Å². The van der Waals surface area contributed by atoms with E-state index in [1.165, 1.54) is 13.3 Å². The second-order valence-corrected chi connectivity index (χ2v) is 6.88. The molecule has 3 rings (SSSR count). The molecule has 7 heteroatoms. The molecule has 1 heterocycles.